The molecule has 1 amide bonds. The minimum Gasteiger partial charge on any atom is -0.326 e. The third kappa shape index (κ3) is 6.35. The van der Waals surface area contributed by atoms with Crippen LogP contribution in [0, 0.1) is 0 Å². The normalized spacial score (nSPS) is 12.5. The molecule has 150 valence electrons. The van der Waals surface area contributed by atoms with E-state index in [0.29, 0.717) is 16.4 Å². The topological polar surface area (TPSA) is 87.6 Å². The molecular weight excluding hydrogens is 398 g/mol. The summed E-state index contributed by atoms with van der Waals surface area (Å²) in [5.74, 6) is -0.308. The predicted molar refractivity (Wildman–Crippen MR) is 113 cm³/mol. The predicted octanol–water partition coefficient (Wildman–Crippen LogP) is 4.32. The first kappa shape index (κ1) is 21.9. The van der Waals surface area contributed by atoms with Gasteiger partial charge in [0.2, 0.25) is 5.91 Å². The fraction of sp³-hybridized carbons (Fsp3) is 0.300. The molecule has 28 heavy (non-hydrogen) atoms. The second kappa shape index (κ2) is 8.75. The first-order chi connectivity index (χ1) is 13.0. The number of nitrogens with one attached hydrogen (secondary N) is 2. The summed E-state index contributed by atoms with van der Waals surface area (Å²) in [4.78, 5) is 14.3. The van der Waals surface area contributed by atoms with E-state index in [9.17, 15) is 13.2 Å². The number of carbonyl (C=O) groups is 1. The fourth-order valence-electron chi connectivity index (χ4n) is 2.34. The van der Waals surface area contributed by atoms with Gasteiger partial charge in [0.25, 0.3) is 10.0 Å². The zero-order valence-electron chi connectivity index (χ0n) is 16.3. The summed E-state index contributed by atoms with van der Waals surface area (Å²) in [6.45, 7) is 7.74. The van der Waals surface area contributed by atoms with Gasteiger partial charge in [-0.15, -0.1) is 0 Å². The number of amides is 1. The molecule has 0 aliphatic heterocycles. The van der Waals surface area contributed by atoms with Crippen LogP contribution in [0.25, 0.3) is 0 Å². The zero-order valence-corrected chi connectivity index (χ0v) is 17.9. The maximum Gasteiger partial charge on any atom is 0.276 e. The van der Waals surface area contributed by atoms with Gasteiger partial charge in [-0.25, -0.2) is 4.83 Å². The van der Waals surface area contributed by atoms with Crippen LogP contribution in [0.2, 0.25) is 5.02 Å². The Morgan fingerprint density at radius 3 is 2.14 bits per heavy atom. The second-order valence-electron chi connectivity index (χ2n) is 7.45. The number of hydrogen-bond donors (Lipinski definition) is 2. The molecule has 6 nitrogen and oxygen atoms in total. The maximum atomic E-state index is 12.4. The third-order valence-corrected chi connectivity index (χ3v) is 5.41. The monoisotopic (exact) mass is 421 g/mol. The van der Waals surface area contributed by atoms with Gasteiger partial charge in [-0.3, -0.25) is 4.79 Å². The van der Waals surface area contributed by atoms with Crippen LogP contribution in [0.1, 0.15) is 39.7 Å². The third-order valence-electron chi connectivity index (χ3n) is 3.93. The number of anilines is 1. The smallest absolute Gasteiger partial charge is 0.276 e. The number of sulfonamides is 1. The molecular formula is C20H24ClN3O3S. The molecule has 2 rings (SSSR count). The lowest BCUT2D eigenvalue weighted by molar-refractivity contribution is -0.115. The average molecular weight is 422 g/mol. The van der Waals surface area contributed by atoms with Crippen LogP contribution in [-0.2, 0) is 20.2 Å². The van der Waals surface area contributed by atoms with Crippen molar-refractivity contribution >= 4 is 38.9 Å². The first-order valence-electron chi connectivity index (χ1n) is 8.68. The van der Waals surface area contributed by atoms with Gasteiger partial charge in [-0.2, -0.15) is 13.5 Å². The standard InChI is InChI=1S/C20H24ClN3O3S/c1-14(13-19(25)22-17-9-7-16(21)8-10-17)23-24-28(26,27)18-11-5-15(6-12-18)20(2,3)4/h5-12,24H,13H2,1-4H3,(H,22,25)/b23-14+. The van der Waals surface area contributed by atoms with Gasteiger partial charge in [0.05, 0.1) is 11.3 Å². The summed E-state index contributed by atoms with van der Waals surface area (Å²) < 4.78 is 24.8. The van der Waals surface area contributed by atoms with Crippen LogP contribution in [0.5, 0.6) is 0 Å². The van der Waals surface area contributed by atoms with Gasteiger partial charge in [0, 0.05) is 16.4 Å². The van der Waals surface area contributed by atoms with Crippen LogP contribution < -0.4 is 10.1 Å². The van der Waals surface area contributed by atoms with Crippen molar-refractivity contribution in [1.29, 1.82) is 0 Å². The van der Waals surface area contributed by atoms with Gasteiger partial charge in [0.15, 0.2) is 0 Å². The van der Waals surface area contributed by atoms with Gasteiger partial charge < -0.3 is 5.32 Å². The molecule has 0 unspecified atom stereocenters. The number of benzene rings is 2. The van der Waals surface area contributed by atoms with Crippen LogP contribution in [0.3, 0.4) is 0 Å². The number of halogens is 1. The van der Waals surface area contributed by atoms with Gasteiger partial charge in [0.1, 0.15) is 0 Å². The van der Waals surface area contributed by atoms with E-state index in [1.807, 2.05) is 0 Å². The molecule has 0 spiro atoms. The minimum absolute atomic E-state index is 0.0475. The fourth-order valence-corrected chi connectivity index (χ4v) is 3.34. The Morgan fingerprint density at radius 1 is 1.04 bits per heavy atom. The van der Waals surface area contributed by atoms with E-state index < -0.39 is 10.0 Å². The number of rotatable bonds is 6. The van der Waals surface area contributed by atoms with Crippen molar-refractivity contribution in [2.24, 2.45) is 5.10 Å². The lowest BCUT2D eigenvalue weighted by Gasteiger charge is -2.19. The second-order valence-corrected chi connectivity index (χ2v) is 9.55. The quantitative estimate of drug-likeness (QED) is 0.537. The lowest BCUT2D eigenvalue weighted by atomic mass is 9.87. The maximum absolute atomic E-state index is 12.4. The molecule has 2 aromatic carbocycles. The van der Waals surface area contributed by atoms with Crippen LogP contribution in [0.15, 0.2) is 58.5 Å². The van der Waals surface area contributed by atoms with Crippen molar-refractivity contribution in [3.8, 4) is 0 Å². The highest BCUT2D eigenvalue weighted by Gasteiger charge is 2.17. The Balaban J connectivity index is 1.98. The molecule has 0 saturated carbocycles. The van der Waals surface area contributed by atoms with Gasteiger partial charge in [-0.1, -0.05) is 44.5 Å². The van der Waals surface area contributed by atoms with Crippen molar-refractivity contribution in [2.75, 3.05) is 5.32 Å². The summed E-state index contributed by atoms with van der Waals surface area (Å²) in [5, 5.41) is 7.10. The number of hydrogen-bond acceptors (Lipinski definition) is 4. The zero-order chi connectivity index (χ0) is 20.9. The van der Waals surface area contributed by atoms with E-state index >= 15 is 0 Å². The lowest BCUT2D eigenvalue weighted by Crippen LogP contribution is -2.22. The summed E-state index contributed by atoms with van der Waals surface area (Å²) >= 11 is 5.80. The van der Waals surface area contributed by atoms with Crippen molar-refractivity contribution in [2.45, 2.75) is 44.4 Å². The Labute approximate surface area is 171 Å². The highest BCUT2D eigenvalue weighted by molar-refractivity contribution is 7.89. The molecule has 8 heteroatoms. The van der Waals surface area contributed by atoms with E-state index in [4.69, 9.17) is 11.6 Å². The molecule has 0 atom stereocenters. The Bertz CT molecular complexity index is 961. The number of carbonyl (C=O) groups excluding carboxylic acids is 1. The van der Waals surface area contributed by atoms with E-state index in [2.05, 4.69) is 36.0 Å². The first-order valence-corrected chi connectivity index (χ1v) is 10.5. The average Bonchev–Trinajstić information content (AvgIpc) is 2.61. The Kier molecular flexibility index (Phi) is 6.85. The van der Waals surface area contributed by atoms with Crippen molar-refractivity contribution < 1.29 is 13.2 Å². The summed E-state index contributed by atoms with van der Waals surface area (Å²) in [5.41, 5.74) is 1.90. The Morgan fingerprint density at radius 2 is 1.61 bits per heavy atom. The van der Waals surface area contributed by atoms with Gasteiger partial charge >= 0.3 is 0 Å². The molecule has 0 saturated heterocycles. The molecule has 0 fully saturated rings. The molecule has 2 N–H and O–H groups in total. The molecule has 0 bridgehead atoms. The molecule has 0 radical (unpaired) electrons. The van der Waals surface area contributed by atoms with Crippen molar-refractivity contribution in [3.05, 3.63) is 59.1 Å². The Hall–Kier alpha value is -2.38. The highest BCUT2D eigenvalue weighted by atomic mass is 35.5. The van der Waals surface area contributed by atoms with E-state index in [1.54, 1.807) is 55.5 Å². The summed E-state index contributed by atoms with van der Waals surface area (Å²) in [7, 11) is -3.80. The molecule has 0 aromatic heterocycles. The van der Waals surface area contributed by atoms with E-state index in [0.717, 1.165) is 5.56 Å². The SMILES string of the molecule is C/C(CC(=O)Nc1ccc(Cl)cc1)=N\NS(=O)(=O)c1ccc(C(C)(C)C)cc1. The van der Waals surface area contributed by atoms with E-state index in [-0.39, 0.29) is 22.6 Å². The van der Waals surface area contributed by atoms with Crippen LogP contribution in [-0.4, -0.2) is 20.0 Å². The number of hydrazone groups is 1. The van der Waals surface area contributed by atoms with Gasteiger partial charge in [-0.05, 0) is 54.3 Å². The largest absolute Gasteiger partial charge is 0.326 e. The highest BCUT2D eigenvalue weighted by Crippen LogP contribution is 2.23. The molecule has 2 aromatic rings. The van der Waals surface area contributed by atoms with Crippen LogP contribution in [0.4, 0.5) is 5.69 Å². The van der Waals surface area contributed by atoms with Crippen molar-refractivity contribution in [3.63, 3.8) is 0 Å². The molecule has 0 aliphatic carbocycles. The minimum atomic E-state index is -3.80. The van der Waals surface area contributed by atoms with Crippen LogP contribution >= 0.6 is 11.6 Å². The summed E-state index contributed by atoms with van der Waals surface area (Å²) in [6.07, 6.45) is -0.0475. The number of nitrogens with zero attached hydrogens (tertiary/aromatic N) is 1. The summed E-state index contributed by atoms with van der Waals surface area (Å²) in [6, 6.07) is 13.3. The van der Waals surface area contributed by atoms with E-state index in [1.165, 1.54) is 0 Å². The molecule has 0 aliphatic rings. The van der Waals surface area contributed by atoms with Crippen molar-refractivity contribution in [1.82, 2.24) is 4.83 Å². The molecule has 0 heterocycles.